The molecule has 146 valence electrons. The minimum Gasteiger partial charge on any atom is -0.507 e. The number of ketones is 1. The Labute approximate surface area is 158 Å². The fraction of sp³-hybridized carbons (Fsp3) is 0.263. The van der Waals surface area contributed by atoms with Gasteiger partial charge in [-0.25, -0.2) is 4.79 Å². The highest BCUT2D eigenvalue weighted by molar-refractivity contribution is 6.10. The molecule has 0 saturated carbocycles. The fourth-order valence-corrected chi connectivity index (χ4v) is 3.55. The minimum absolute atomic E-state index is 0.113. The van der Waals surface area contributed by atoms with Gasteiger partial charge in [0.2, 0.25) is 5.78 Å². The SMILES string of the molecule is COc1cc2c(cc1OC)[C@@]1(O)C(=O)c3ccc(O)c(C(=O)O)c3O[C@H]1CO2. The van der Waals surface area contributed by atoms with Crippen molar-refractivity contribution in [1.29, 1.82) is 0 Å². The molecule has 3 N–H and O–H groups in total. The topological polar surface area (TPSA) is 132 Å². The highest BCUT2D eigenvalue weighted by atomic mass is 16.6. The zero-order valence-electron chi connectivity index (χ0n) is 14.9. The Morgan fingerprint density at radius 3 is 2.54 bits per heavy atom. The van der Waals surface area contributed by atoms with Crippen molar-refractivity contribution in [1.82, 2.24) is 0 Å². The summed E-state index contributed by atoms with van der Waals surface area (Å²) >= 11 is 0. The van der Waals surface area contributed by atoms with Gasteiger partial charge in [0, 0.05) is 11.6 Å². The number of aromatic carboxylic acids is 1. The first-order valence-corrected chi connectivity index (χ1v) is 8.25. The van der Waals surface area contributed by atoms with Gasteiger partial charge in [-0.15, -0.1) is 0 Å². The van der Waals surface area contributed by atoms with E-state index in [0.717, 1.165) is 6.07 Å². The van der Waals surface area contributed by atoms with E-state index in [0.29, 0.717) is 5.75 Å². The van der Waals surface area contributed by atoms with E-state index in [4.69, 9.17) is 18.9 Å². The van der Waals surface area contributed by atoms with E-state index < -0.39 is 34.8 Å². The summed E-state index contributed by atoms with van der Waals surface area (Å²) in [5.41, 5.74) is -2.73. The van der Waals surface area contributed by atoms with E-state index in [9.17, 15) is 24.9 Å². The average molecular weight is 388 g/mol. The lowest BCUT2D eigenvalue weighted by Crippen LogP contribution is -2.57. The first-order valence-electron chi connectivity index (χ1n) is 8.25. The molecule has 28 heavy (non-hydrogen) atoms. The second kappa shape index (κ2) is 6.03. The largest absolute Gasteiger partial charge is 0.507 e. The maximum absolute atomic E-state index is 13.2. The molecule has 0 aliphatic carbocycles. The Bertz CT molecular complexity index is 1010. The van der Waals surface area contributed by atoms with Crippen LogP contribution in [-0.4, -0.2) is 54.0 Å². The third kappa shape index (κ3) is 2.23. The summed E-state index contributed by atoms with van der Waals surface area (Å²) in [4.78, 5) is 24.8. The number of carbonyl (C=O) groups excluding carboxylic acids is 1. The molecule has 2 aromatic carbocycles. The lowest BCUT2D eigenvalue weighted by Gasteiger charge is -2.43. The van der Waals surface area contributed by atoms with Gasteiger partial charge in [-0.3, -0.25) is 4.79 Å². The highest BCUT2D eigenvalue weighted by Crippen LogP contribution is 2.50. The van der Waals surface area contributed by atoms with Gasteiger partial charge in [-0.05, 0) is 18.2 Å². The van der Waals surface area contributed by atoms with Crippen LogP contribution in [-0.2, 0) is 5.60 Å². The molecule has 0 bridgehead atoms. The predicted octanol–water partition coefficient (Wildman–Crippen LogP) is 1.33. The number of fused-ring (bicyclic) bond motifs is 4. The highest BCUT2D eigenvalue weighted by Gasteiger charge is 2.56. The molecule has 4 rings (SSSR count). The maximum atomic E-state index is 13.2. The number of hydrogen-bond acceptors (Lipinski definition) is 8. The van der Waals surface area contributed by atoms with Gasteiger partial charge in [0.25, 0.3) is 0 Å². The van der Waals surface area contributed by atoms with E-state index in [2.05, 4.69) is 0 Å². The summed E-state index contributed by atoms with van der Waals surface area (Å²) in [6.45, 7) is -0.223. The van der Waals surface area contributed by atoms with Crippen LogP contribution in [0.15, 0.2) is 24.3 Å². The summed E-state index contributed by atoms with van der Waals surface area (Å²) in [6.07, 6.45) is -1.22. The number of hydrogen-bond donors (Lipinski definition) is 3. The standard InChI is InChI=1S/C19H16O9/c1-25-12-5-9-11(6-13(12)26-2)27-7-14-19(9,24)17(21)8-3-4-10(20)15(18(22)23)16(8)28-14/h3-6,14,20,24H,7H2,1-2H3,(H,22,23)/t14-,19-/m0/s1. The molecule has 0 radical (unpaired) electrons. The van der Waals surface area contributed by atoms with Crippen molar-refractivity contribution < 1.29 is 43.9 Å². The van der Waals surface area contributed by atoms with Crippen molar-refractivity contribution in [3.63, 3.8) is 0 Å². The summed E-state index contributed by atoms with van der Waals surface area (Å²) in [5, 5.41) is 30.6. The van der Waals surface area contributed by atoms with Gasteiger partial charge < -0.3 is 34.3 Å². The number of carboxylic acid groups (broad SMARTS) is 1. The van der Waals surface area contributed by atoms with Gasteiger partial charge in [0.15, 0.2) is 23.2 Å². The van der Waals surface area contributed by atoms with Crippen molar-refractivity contribution in [2.24, 2.45) is 0 Å². The number of benzene rings is 2. The molecule has 2 atom stereocenters. The van der Waals surface area contributed by atoms with Crippen molar-refractivity contribution >= 4 is 11.8 Å². The van der Waals surface area contributed by atoms with Crippen molar-refractivity contribution in [3.05, 3.63) is 41.0 Å². The summed E-state index contributed by atoms with van der Waals surface area (Å²) < 4.78 is 21.7. The van der Waals surface area contributed by atoms with E-state index >= 15 is 0 Å². The Kier molecular flexibility index (Phi) is 3.86. The number of Topliss-reactive ketones (excluding diaryl/α,β-unsaturated/α-hetero) is 1. The number of ether oxygens (including phenoxy) is 4. The molecule has 9 heteroatoms. The van der Waals surface area contributed by atoms with Crippen LogP contribution in [0.4, 0.5) is 0 Å². The Morgan fingerprint density at radius 1 is 1.21 bits per heavy atom. The van der Waals surface area contributed by atoms with Crippen LogP contribution >= 0.6 is 0 Å². The van der Waals surface area contributed by atoms with Crippen LogP contribution in [0.25, 0.3) is 0 Å². The van der Waals surface area contributed by atoms with Gasteiger partial charge in [0.1, 0.15) is 29.4 Å². The van der Waals surface area contributed by atoms with E-state index in [1.165, 1.54) is 32.4 Å². The number of carboxylic acids is 1. The van der Waals surface area contributed by atoms with E-state index in [-0.39, 0.29) is 35.0 Å². The zero-order chi connectivity index (χ0) is 20.2. The molecule has 0 aromatic heterocycles. The molecule has 2 aliphatic heterocycles. The number of carbonyl (C=O) groups is 2. The Hall–Kier alpha value is -3.46. The number of rotatable bonds is 3. The average Bonchev–Trinajstić information content (AvgIpc) is 2.67. The number of methoxy groups -OCH3 is 2. The molecule has 0 saturated heterocycles. The lowest BCUT2D eigenvalue weighted by atomic mass is 9.77. The summed E-state index contributed by atoms with van der Waals surface area (Å²) in [7, 11) is 2.85. The summed E-state index contributed by atoms with van der Waals surface area (Å²) in [6, 6.07) is 5.20. The minimum atomic E-state index is -2.13. The Morgan fingerprint density at radius 2 is 1.89 bits per heavy atom. The quantitative estimate of drug-likeness (QED) is 0.712. The first kappa shape index (κ1) is 17.9. The number of aliphatic hydroxyl groups is 1. The second-order valence-corrected chi connectivity index (χ2v) is 6.36. The van der Waals surface area contributed by atoms with Gasteiger partial charge in [-0.2, -0.15) is 0 Å². The number of aromatic hydroxyl groups is 1. The smallest absolute Gasteiger partial charge is 0.343 e. The second-order valence-electron chi connectivity index (χ2n) is 6.36. The van der Waals surface area contributed by atoms with Crippen molar-refractivity contribution in [2.75, 3.05) is 20.8 Å². The molecular weight excluding hydrogens is 372 g/mol. The van der Waals surface area contributed by atoms with Crippen LogP contribution < -0.4 is 18.9 Å². The van der Waals surface area contributed by atoms with E-state index in [1.54, 1.807) is 0 Å². The van der Waals surface area contributed by atoms with Crippen LogP contribution in [0.2, 0.25) is 0 Å². The van der Waals surface area contributed by atoms with Crippen LogP contribution in [0.5, 0.6) is 28.7 Å². The molecule has 0 amide bonds. The van der Waals surface area contributed by atoms with Gasteiger partial charge >= 0.3 is 5.97 Å². The van der Waals surface area contributed by atoms with Crippen LogP contribution in [0.3, 0.4) is 0 Å². The monoisotopic (exact) mass is 388 g/mol. The maximum Gasteiger partial charge on any atom is 0.343 e. The van der Waals surface area contributed by atoms with E-state index in [1.807, 2.05) is 0 Å². The number of phenols is 1. The third-order valence-corrected chi connectivity index (χ3v) is 4.95. The normalized spacial score (nSPS) is 22.1. The van der Waals surface area contributed by atoms with Crippen LogP contribution in [0, 0.1) is 0 Å². The predicted molar refractivity (Wildman–Crippen MR) is 92.8 cm³/mol. The van der Waals surface area contributed by atoms with Crippen molar-refractivity contribution in [3.8, 4) is 28.7 Å². The molecule has 2 aromatic rings. The van der Waals surface area contributed by atoms with Gasteiger partial charge in [0.05, 0.1) is 19.8 Å². The molecular formula is C19H16O9. The summed E-state index contributed by atoms with van der Waals surface area (Å²) in [5.74, 6) is -2.24. The third-order valence-electron chi connectivity index (χ3n) is 4.95. The molecule has 0 spiro atoms. The molecule has 2 heterocycles. The first-order chi connectivity index (χ1) is 13.3. The molecule has 9 nitrogen and oxygen atoms in total. The lowest BCUT2D eigenvalue weighted by molar-refractivity contribution is -0.0803. The zero-order valence-corrected chi connectivity index (χ0v) is 14.9. The molecule has 0 fully saturated rings. The fourth-order valence-electron chi connectivity index (χ4n) is 3.55. The van der Waals surface area contributed by atoms with Crippen molar-refractivity contribution in [2.45, 2.75) is 11.7 Å². The van der Waals surface area contributed by atoms with Gasteiger partial charge in [-0.1, -0.05) is 0 Å². The Balaban J connectivity index is 1.93. The van der Waals surface area contributed by atoms with Crippen LogP contribution in [0.1, 0.15) is 26.3 Å². The molecule has 2 aliphatic rings. The molecule has 0 unspecified atom stereocenters.